The van der Waals surface area contributed by atoms with Crippen LogP contribution in [0.25, 0.3) is 11.1 Å². The summed E-state index contributed by atoms with van der Waals surface area (Å²) in [4.78, 5) is 14.1. The molecule has 2 aromatic carbocycles. The molecule has 10 nitrogen and oxygen atoms in total. The highest BCUT2D eigenvalue weighted by Crippen LogP contribution is 2.41. The minimum Gasteiger partial charge on any atom is -0.494 e. The Labute approximate surface area is 268 Å². The molecule has 44 heavy (non-hydrogen) atoms. The number of ether oxygens (including phenoxy) is 1. The van der Waals surface area contributed by atoms with Gasteiger partial charge in [0.05, 0.1) is 29.2 Å². The summed E-state index contributed by atoms with van der Waals surface area (Å²) in [5.74, 6) is 1.71. The van der Waals surface area contributed by atoms with Crippen LogP contribution >= 0.6 is 23.1 Å². The normalized spacial score (nSPS) is 14.2. The van der Waals surface area contributed by atoms with E-state index in [1.54, 1.807) is 37.5 Å². The number of hydrogen-bond acceptors (Lipinski definition) is 9. The second-order valence-electron chi connectivity index (χ2n) is 11.8. The Morgan fingerprint density at radius 2 is 1.82 bits per heavy atom. The van der Waals surface area contributed by atoms with E-state index in [0.717, 1.165) is 65.9 Å². The molecule has 2 aromatic heterocycles. The third kappa shape index (κ3) is 7.11. The van der Waals surface area contributed by atoms with E-state index in [-0.39, 0.29) is 0 Å². The van der Waals surface area contributed by atoms with E-state index in [0.29, 0.717) is 22.3 Å². The topological polar surface area (TPSA) is 100 Å². The first-order valence-electron chi connectivity index (χ1n) is 14.8. The number of nitrogens with zero attached hydrogens (tertiary/aromatic N) is 6. The number of nitrogens with one attached hydrogen (secondary N) is 2. The van der Waals surface area contributed by atoms with Crippen LogP contribution < -0.4 is 25.6 Å². The highest BCUT2D eigenvalue weighted by atomic mass is 79.9. The number of aromatic nitrogens is 4. The van der Waals surface area contributed by atoms with Gasteiger partial charge in [0.2, 0.25) is 5.95 Å². The van der Waals surface area contributed by atoms with Crippen molar-refractivity contribution in [1.29, 1.82) is 0 Å². The number of piperidine rings is 1. The van der Waals surface area contributed by atoms with Gasteiger partial charge in [0, 0.05) is 61.2 Å². The van der Waals surface area contributed by atoms with Gasteiger partial charge in [0.1, 0.15) is 18.7 Å². The van der Waals surface area contributed by atoms with Gasteiger partial charge in [0.15, 0.2) is 0 Å². The van der Waals surface area contributed by atoms with E-state index in [1.807, 2.05) is 31.4 Å². The lowest BCUT2D eigenvalue weighted by atomic mass is 10.0. The second-order valence-corrected chi connectivity index (χ2v) is 15.9. The first-order chi connectivity index (χ1) is 21.0. The Balaban J connectivity index is 1.42. The number of hydrogen-bond donors (Lipinski definition) is 2. The predicted molar refractivity (Wildman–Crippen MR) is 185 cm³/mol. The maximum absolute atomic E-state index is 13.4. The van der Waals surface area contributed by atoms with Crippen molar-refractivity contribution >= 4 is 57.2 Å². The largest absolute Gasteiger partial charge is 0.494 e. The zero-order valence-electron chi connectivity index (χ0n) is 26.6. The molecule has 1 aliphatic heterocycles. The van der Waals surface area contributed by atoms with E-state index < -0.39 is 7.14 Å². The minimum atomic E-state index is -2.65. The molecular weight excluding hydrogens is 639 g/mol. The summed E-state index contributed by atoms with van der Waals surface area (Å²) in [6, 6.07) is 10.8. The standard InChI is InChI=1S/C32H42BrN8O2P/c1-8-21-15-27(29(43-5)17-28(21)41-13-11-24(12-14-41)39(2)3)37-32-34-19-25(33)31(38-32)36-26-10-9-22(16-30(26)44(6,7)42)23-18-35-40(4)20-23/h9-10,15-20,24H,8,11-14H2,1-7H3,(H2,34,36,37,38). The molecule has 0 radical (unpaired) electrons. The van der Waals surface area contributed by atoms with Gasteiger partial charge in [-0.05, 0) is 91.9 Å². The number of halogens is 1. The number of benzene rings is 2. The first kappa shape index (κ1) is 32.0. The second kappa shape index (κ2) is 13.3. The molecule has 0 bridgehead atoms. The number of anilines is 5. The van der Waals surface area contributed by atoms with E-state index in [1.165, 1.54) is 11.3 Å². The van der Waals surface area contributed by atoms with Crippen LogP contribution in [0.5, 0.6) is 5.75 Å². The quantitative estimate of drug-likeness (QED) is 0.182. The van der Waals surface area contributed by atoms with Crippen LogP contribution in [0.4, 0.5) is 28.8 Å². The Morgan fingerprint density at radius 1 is 1.07 bits per heavy atom. The van der Waals surface area contributed by atoms with Crippen molar-refractivity contribution in [2.75, 3.05) is 63.2 Å². The van der Waals surface area contributed by atoms with Crippen molar-refractivity contribution in [2.45, 2.75) is 32.2 Å². The summed E-state index contributed by atoms with van der Waals surface area (Å²) < 4.78 is 21.7. The molecule has 5 rings (SSSR count). The molecule has 0 amide bonds. The maximum Gasteiger partial charge on any atom is 0.229 e. The van der Waals surface area contributed by atoms with Crippen LogP contribution in [0.15, 0.2) is 53.4 Å². The molecule has 1 saturated heterocycles. The fourth-order valence-electron chi connectivity index (χ4n) is 5.68. The smallest absolute Gasteiger partial charge is 0.229 e. The maximum atomic E-state index is 13.4. The Hall–Kier alpha value is -3.40. The Bertz CT molecular complexity index is 1680. The average molecular weight is 682 g/mol. The molecule has 12 heteroatoms. The van der Waals surface area contributed by atoms with Gasteiger partial charge < -0.3 is 29.7 Å². The summed E-state index contributed by atoms with van der Waals surface area (Å²) in [7, 11) is 5.25. The van der Waals surface area contributed by atoms with E-state index >= 15 is 0 Å². The summed E-state index contributed by atoms with van der Waals surface area (Å²) >= 11 is 3.59. The third-order valence-corrected chi connectivity index (χ3v) is 10.3. The third-order valence-electron chi connectivity index (χ3n) is 8.18. The fourth-order valence-corrected chi connectivity index (χ4v) is 7.13. The number of methoxy groups -OCH3 is 1. The Morgan fingerprint density at radius 3 is 2.43 bits per heavy atom. The molecule has 0 atom stereocenters. The summed E-state index contributed by atoms with van der Waals surface area (Å²) in [6.07, 6.45) is 8.62. The monoisotopic (exact) mass is 680 g/mol. The van der Waals surface area contributed by atoms with E-state index in [9.17, 15) is 4.57 Å². The molecule has 1 aliphatic rings. The van der Waals surface area contributed by atoms with Gasteiger partial charge in [-0.15, -0.1) is 0 Å². The van der Waals surface area contributed by atoms with Crippen molar-refractivity contribution in [3.05, 3.63) is 59.0 Å². The molecule has 3 heterocycles. The fraction of sp³-hybridized carbons (Fsp3) is 0.406. The van der Waals surface area contributed by atoms with Gasteiger partial charge >= 0.3 is 0 Å². The highest BCUT2D eigenvalue weighted by molar-refractivity contribution is 9.10. The van der Waals surface area contributed by atoms with Crippen LogP contribution in [0, 0.1) is 0 Å². The predicted octanol–water partition coefficient (Wildman–Crippen LogP) is 6.48. The molecule has 1 fully saturated rings. The van der Waals surface area contributed by atoms with E-state index in [4.69, 9.17) is 9.72 Å². The van der Waals surface area contributed by atoms with Crippen molar-refractivity contribution in [3.63, 3.8) is 0 Å². The van der Waals surface area contributed by atoms with Crippen LogP contribution in [-0.4, -0.2) is 78.3 Å². The molecular formula is C32H42BrN8O2P. The molecule has 0 aliphatic carbocycles. The molecule has 0 saturated carbocycles. The van der Waals surface area contributed by atoms with Crippen LogP contribution in [0.2, 0.25) is 0 Å². The first-order valence-corrected chi connectivity index (χ1v) is 18.2. The zero-order valence-corrected chi connectivity index (χ0v) is 29.0. The van der Waals surface area contributed by atoms with Crippen LogP contribution in [0.3, 0.4) is 0 Å². The van der Waals surface area contributed by atoms with Gasteiger partial charge in [-0.1, -0.05) is 13.0 Å². The number of aryl methyl sites for hydroxylation is 2. The number of rotatable bonds is 10. The lowest BCUT2D eigenvalue weighted by Crippen LogP contribution is -2.42. The van der Waals surface area contributed by atoms with Gasteiger partial charge in [-0.3, -0.25) is 4.68 Å². The molecule has 234 valence electrons. The highest BCUT2D eigenvalue weighted by Gasteiger charge is 2.24. The van der Waals surface area contributed by atoms with Crippen LogP contribution in [-0.2, 0) is 18.0 Å². The molecule has 2 N–H and O–H groups in total. The molecule has 0 spiro atoms. The SMILES string of the molecule is CCc1cc(Nc2ncc(Br)c(Nc3ccc(-c4cnn(C)c4)cc3P(C)(C)=O)n2)c(OC)cc1N1CCC(N(C)C)CC1. The molecule has 4 aromatic rings. The lowest BCUT2D eigenvalue weighted by Gasteiger charge is -2.37. The summed E-state index contributed by atoms with van der Waals surface area (Å²) in [6.45, 7) is 7.76. The lowest BCUT2D eigenvalue weighted by molar-refractivity contribution is 0.249. The van der Waals surface area contributed by atoms with Crippen LogP contribution in [0.1, 0.15) is 25.3 Å². The minimum absolute atomic E-state index is 0.417. The van der Waals surface area contributed by atoms with Gasteiger partial charge in [-0.2, -0.15) is 10.1 Å². The van der Waals surface area contributed by atoms with Crippen molar-refractivity contribution < 1.29 is 9.30 Å². The summed E-state index contributed by atoms with van der Waals surface area (Å²) in [5.41, 5.74) is 5.91. The van der Waals surface area contributed by atoms with E-state index in [2.05, 4.69) is 79.6 Å². The Kier molecular flexibility index (Phi) is 9.68. The van der Waals surface area contributed by atoms with Crippen molar-refractivity contribution in [1.82, 2.24) is 24.6 Å². The summed E-state index contributed by atoms with van der Waals surface area (Å²) in [5, 5.41) is 11.8. The van der Waals surface area contributed by atoms with Crippen molar-refractivity contribution in [3.8, 4) is 16.9 Å². The van der Waals surface area contributed by atoms with Gasteiger partial charge in [-0.25, -0.2) is 4.98 Å². The van der Waals surface area contributed by atoms with Crippen molar-refractivity contribution in [2.24, 2.45) is 7.05 Å². The zero-order chi connectivity index (χ0) is 31.6. The average Bonchev–Trinajstić information content (AvgIpc) is 3.44. The van der Waals surface area contributed by atoms with Gasteiger partial charge in [0.25, 0.3) is 0 Å². The molecule has 0 unspecified atom stereocenters.